The molecule has 96 heavy (non-hydrogen) atoms. The number of hydrogen-bond acceptors (Lipinski definition) is 15. The average Bonchev–Trinajstić information content (AvgIpc) is 1.56. The number of hydrogen-bond donors (Lipinski definition) is 3. The van der Waals surface area contributed by atoms with Gasteiger partial charge in [-0.05, 0) is 154 Å². The minimum Gasteiger partial charge on any atom is -0.457 e. The van der Waals surface area contributed by atoms with E-state index >= 15 is 0 Å². The van der Waals surface area contributed by atoms with Gasteiger partial charge in [-0.3, -0.25) is 22.9 Å². The second-order valence-electron chi connectivity index (χ2n) is 25.8. The Morgan fingerprint density at radius 3 is 0.979 bits per heavy atom. The molecule has 0 aliphatic carbocycles. The zero-order chi connectivity index (χ0) is 69.9. The minimum absolute atomic E-state index is 0.0595. The summed E-state index contributed by atoms with van der Waals surface area (Å²) >= 11 is 0. The smallest absolute Gasteiger partial charge is 0.457 e. The molecule has 0 amide bonds. The van der Waals surface area contributed by atoms with Crippen molar-refractivity contribution in [3.05, 3.63) is 60.8 Å². The number of esters is 1. The number of phosphoric acid groups is 2. The summed E-state index contributed by atoms with van der Waals surface area (Å²) in [6, 6.07) is 0. The maximum atomic E-state index is 13.1. The first-order valence-electron chi connectivity index (χ1n) is 38.4. The third kappa shape index (κ3) is 73.9. The molecule has 0 aromatic carbocycles. The fourth-order valence-corrected chi connectivity index (χ4v) is 12.2. The Labute approximate surface area is 584 Å². The van der Waals surface area contributed by atoms with Crippen LogP contribution in [0, 0.1) is 0 Å². The highest BCUT2D eigenvalue weighted by atomic mass is 31.2. The van der Waals surface area contributed by atoms with Gasteiger partial charge < -0.3 is 48.2 Å². The second-order valence-corrected chi connectivity index (χ2v) is 28.7. The number of rotatable bonds is 79. The van der Waals surface area contributed by atoms with E-state index in [1.165, 1.54) is 64.2 Å². The summed E-state index contributed by atoms with van der Waals surface area (Å²) in [5.74, 6) is -0.466. The molecule has 0 aromatic rings. The normalized spacial score (nSPS) is 14.4. The summed E-state index contributed by atoms with van der Waals surface area (Å²) < 4.78 is 70.5. The monoisotopic (exact) mass is 1400 g/mol. The molecule has 0 radical (unpaired) electrons. The number of carbonyl (C=O) groups is 4. The molecule has 0 spiro atoms. The lowest BCUT2D eigenvalue weighted by Gasteiger charge is -2.21. The first-order chi connectivity index (χ1) is 47.0. The molecule has 0 fully saturated rings. The van der Waals surface area contributed by atoms with Gasteiger partial charge in [-0.2, -0.15) is 0 Å². The van der Waals surface area contributed by atoms with Gasteiger partial charge in [0, 0.05) is 45.5 Å². The molecule has 0 aliphatic heterocycles. The van der Waals surface area contributed by atoms with Gasteiger partial charge in [-0.15, -0.1) is 0 Å². The lowest BCUT2D eigenvalue weighted by atomic mass is 10.1. The lowest BCUT2D eigenvalue weighted by Crippen LogP contribution is -2.29. The first kappa shape index (κ1) is 93.2. The van der Waals surface area contributed by atoms with Crippen molar-refractivity contribution in [3.8, 4) is 0 Å². The molecule has 17 nitrogen and oxygen atoms in total. The van der Waals surface area contributed by atoms with Crippen molar-refractivity contribution in [1.82, 2.24) is 0 Å². The number of aliphatic hydroxyl groups is 1. The Kier molecular flexibility index (Phi) is 72.8. The Morgan fingerprint density at radius 2 is 0.615 bits per heavy atom. The van der Waals surface area contributed by atoms with E-state index in [4.69, 9.17) is 37.0 Å². The zero-order valence-corrected chi connectivity index (χ0v) is 62.2. The van der Waals surface area contributed by atoms with Crippen LogP contribution in [-0.2, 0) is 65.4 Å². The Bertz CT molecular complexity index is 1960. The molecule has 5 atom stereocenters. The SMILES string of the molecule is CCCCC/C=C\C/C=C\CCCCCCCC(=O)O[C@H](COCCCCCCC/C=C\CCCCCCC=O)COP(=O)(O)OC[C@@H](O)COP(=O)(O)OC[C@@H](COCCCCCCC/C=C\CCCCCCC=O)OCCCCCCCCC/C=C\CCCCCCC=O. The number of carbonyl (C=O) groups excluding carboxylic acids is 4. The van der Waals surface area contributed by atoms with E-state index in [9.17, 15) is 43.2 Å². The molecule has 2 unspecified atom stereocenters. The van der Waals surface area contributed by atoms with Crippen LogP contribution in [0.25, 0.3) is 0 Å². The molecule has 0 saturated carbocycles. The Balaban J connectivity index is 5.14. The van der Waals surface area contributed by atoms with E-state index in [1.807, 2.05) is 0 Å². The van der Waals surface area contributed by atoms with Crippen LogP contribution in [0.15, 0.2) is 60.8 Å². The molecule has 19 heteroatoms. The quantitative estimate of drug-likeness (QED) is 0.0169. The summed E-state index contributed by atoms with van der Waals surface area (Å²) in [6.45, 7) is 1.29. The van der Waals surface area contributed by atoms with Gasteiger partial charge in [-0.1, -0.05) is 209 Å². The van der Waals surface area contributed by atoms with Crippen LogP contribution in [0.3, 0.4) is 0 Å². The summed E-state index contributed by atoms with van der Waals surface area (Å²) in [5.41, 5.74) is 0. The van der Waals surface area contributed by atoms with Crippen molar-refractivity contribution in [3.63, 3.8) is 0 Å². The highest BCUT2D eigenvalue weighted by Crippen LogP contribution is 2.45. The number of aldehydes is 3. The molecule has 0 aliphatic rings. The van der Waals surface area contributed by atoms with Crippen molar-refractivity contribution in [2.75, 3.05) is 59.5 Å². The molecule has 0 saturated heterocycles. The highest BCUT2D eigenvalue weighted by Gasteiger charge is 2.29. The standard InChI is InChI=1S/C77H140O17P2/c1-2-3-4-5-6-7-8-9-12-19-26-33-40-47-54-61-77(82)94-76(71-88-66-59-52-45-38-31-24-18-15-22-29-36-43-50-57-64-80)73-93-96(85,86)91-69-74(81)68-90-95(83,84)92-72-75(70-87-65-58-51-44-37-30-23-17-14-21-28-35-42-49-56-63-79)89-67-60-53-46-39-32-25-16-11-10-13-20-27-34-41-48-55-62-78/h6-7,9-10,12-15,17-18,62-64,74-76,81H,2-5,8,11,16,19-61,65-73H2,1H3,(H,83,84)(H,85,86)/b7-6-,12-9-,13-10-,17-14-,18-15-/t74-,75+,76+/m0/s1. The molecular formula is C77H140O17P2. The van der Waals surface area contributed by atoms with Crippen molar-refractivity contribution < 1.29 is 80.2 Å². The average molecular weight is 1400 g/mol. The third-order valence-corrected chi connectivity index (χ3v) is 18.4. The van der Waals surface area contributed by atoms with Gasteiger partial charge in [-0.25, -0.2) is 9.13 Å². The maximum Gasteiger partial charge on any atom is 0.472 e. The molecule has 0 bridgehead atoms. The van der Waals surface area contributed by atoms with Crippen LogP contribution in [-0.4, -0.2) is 117 Å². The van der Waals surface area contributed by atoms with E-state index in [1.54, 1.807) is 0 Å². The van der Waals surface area contributed by atoms with Gasteiger partial charge in [0.1, 0.15) is 37.2 Å². The largest absolute Gasteiger partial charge is 0.472 e. The summed E-state index contributed by atoms with van der Waals surface area (Å²) in [5, 5.41) is 10.6. The number of aliphatic hydroxyl groups excluding tert-OH is 1. The van der Waals surface area contributed by atoms with E-state index in [-0.39, 0.29) is 26.2 Å². The number of phosphoric ester groups is 2. The molecule has 560 valence electrons. The molecule has 0 rings (SSSR count). The number of allylic oxidation sites excluding steroid dienone is 10. The second kappa shape index (κ2) is 74.9. The zero-order valence-electron chi connectivity index (χ0n) is 60.4. The topological polar surface area (TPSA) is 237 Å². The van der Waals surface area contributed by atoms with Crippen molar-refractivity contribution in [2.45, 2.75) is 346 Å². The highest BCUT2D eigenvalue weighted by molar-refractivity contribution is 7.47. The lowest BCUT2D eigenvalue weighted by molar-refractivity contribution is -0.154. The predicted octanol–water partition coefficient (Wildman–Crippen LogP) is 20.8. The van der Waals surface area contributed by atoms with E-state index in [0.29, 0.717) is 45.5 Å². The predicted molar refractivity (Wildman–Crippen MR) is 391 cm³/mol. The van der Waals surface area contributed by atoms with Crippen LogP contribution in [0.4, 0.5) is 0 Å². The van der Waals surface area contributed by atoms with E-state index in [0.717, 1.165) is 244 Å². The molecular weight excluding hydrogens is 1260 g/mol. The van der Waals surface area contributed by atoms with Gasteiger partial charge >= 0.3 is 21.6 Å². The summed E-state index contributed by atoms with van der Waals surface area (Å²) in [4.78, 5) is 65.7. The maximum absolute atomic E-state index is 13.1. The van der Waals surface area contributed by atoms with E-state index in [2.05, 4.69) is 67.7 Å². The molecule has 0 heterocycles. The van der Waals surface area contributed by atoms with Gasteiger partial charge in [0.25, 0.3) is 0 Å². The minimum atomic E-state index is -4.83. The van der Waals surface area contributed by atoms with Crippen LogP contribution >= 0.6 is 15.6 Å². The molecule has 0 aromatic heterocycles. The van der Waals surface area contributed by atoms with Crippen LogP contribution < -0.4 is 0 Å². The van der Waals surface area contributed by atoms with Crippen molar-refractivity contribution >= 4 is 40.5 Å². The van der Waals surface area contributed by atoms with Gasteiger partial charge in [0.2, 0.25) is 0 Å². The third-order valence-electron chi connectivity index (χ3n) is 16.5. The van der Waals surface area contributed by atoms with Gasteiger partial charge in [0.05, 0.1) is 39.6 Å². The fraction of sp³-hybridized carbons (Fsp3) is 0.818. The summed E-state index contributed by atoms with van der Waals surface area (Å²) in [6.07, 6.45) is 73.7. The summed E-state index contributed by atoms with van der Waals surface area (Å²) in [7, 11) is -9.57. The number of unbranched alkanes of at least 4 members (excludes halogenated alkanes) is 40. The van der Waals surface area contributed by atoms with Crippen LogP contribution in [0.5, 0.6) is 0 Å². The van der Waals surface area contributed by atoms with Crippen LogP contribution in [0.1, 0.15) is 328 Å². The number of ether oxygens (including phenoxy) is 4. The van der Waals surface area contributed by atoms with E-state index < -0.39 is 59.7 Å². The Morgan fingerprint density at radius 1 is 0.333 bits per heavy atom. The molecule has 3 N–H and O–H groups in total. The van der Waals surface area contributed by atoms with Crippen molar-refractivity contribution in [1.29, 1.82) is 0 Å². The Hall–Kier alpha value is -2.76. The fourth-order valence-electron chi connectivity index (χ4n) is 10.6. The van der Waals surface area contributed by atoms with Crippen molar-refractivity contribution in [2.24, 2.45) is 0 Å². The van der Waals surface area contributed by atoms with Crippen LogP contribution in [0.2, 0.25) is 0 Å². The first-order valence-corrected chi connectivity index (χ1v) is 41.4. The van der Waals surface area contributed by atoms with Gasteiger partial charge in [0.15, 0.2) is 0 Å².